The molecule has 11 heteroatoms. The number of rotatable bonds is 15. The Kier molecular flexibility index (Phi) is 12.2. The molecule has 3 fully saturated rings. The molecule has 0 bridgehead atoms. The largest absolute Gasteiger partial charge is 0.479 e. The number of hydrogen-bond donors (Lipinski definition) is 4. The van der Waals surface area contributed by atoms with Crippen LogP contribution in [0, 0.1) is 11.8 Å². The molecule has 0 spiro atoms. The summed E-state index contributed by atoms with van der Waals surface area (Å²) in [6, 6.07) is 5.17. The molecule has 2 aliphatic carbocycles. The fourth-order valence-corrected chi connectivity index (χ4v) is 6.80. The third-order valence-corrected chi connectivity index (χ3v) is 9.72. The number of hydrogen-bond acceptors (Lipinski definition) is 6. The van der Waals surface area contributed by atoms with Crippen molar-refractivity contribution >= 4 is 35.3 Å². The summed E-state index contributed by atoms with van der Waals surface area (Å²) in [4.78, 5) is 68.6. The summed E-state index contributed by atoms with van der Waals surface area (Å²) < 4.78 is 0. The first-order valence-corrected chi connectivity index (χ1v) is 16.9. The Bertz CT molecular complexity index is 1270. The molecule has 4 N–H and O–H groups in total. The first-order valence-electron chi connectivity index (χ1n) is 16.9. The number of allylic oxidation sites excluding steroid dienone is 1. The zero-order valence-electron chi connectivity index (χ0n) is 27.6. The van der Waals surface area contributed by atoms with Crippen molar-refractivity contribution < 1.29 is 29.1 Å². The molecule has 2 saturated carbocycles. The average Bonchev–Trinajstić information content (AvgIpc) is 3.52. The molecular formula is C35H51N5O6. The molecule has 46 heavy (non-hydrogen) atoms. The predicted octanol–water partition coefficient (Wildman–Crippen LogP) is 4.27. The van der Waals surface area contributed by atoms with Crippen LogP contribution in [-0.2, 0) is 14.4 Å². The summed E-state index contributed by atoms with van der Waals surface area (Å²) in [7, 11) is 3.85. The molecule has 11 nitrogen and oxygen atoms in total. The number of urea groups is 1. The highest BCUT2D eigenvalue weighted by atomic mass is 16.4. The van der Waals surface area contributed by atoms with Gasteiger partial charge in [0.15, 0.2) is 5.78 Å². The second-order valence-electron chi connectivity index (χ2n) is 13.3. The molecule has 0 aromatic heterocycles. The Labute approximate surface area is 272 Å². The summed E-state index contributed by atoms with van der Waals surface area (Å²) in [5.41, 5.74) is 0.141. The van der Waals surface area contributed by atoms with E-state index in [2.05, 4.69) is 22.9 Å². The number of ketones is 1. The van der Waals surface area contributed by atoms with Crippen LogP contribution in [0.3, 0.4) is 0 Å². The van der Waals surface area contributed by atoms with Gasteiger partial charge in [-0.2, -0.15) is 0 Å². The lowest BCUT2D eigenvalue weighted by atomic mass is 9.81. The molecule has 1 aromatic carbocycles. The number of nitrogens with one attached hydrogen (secondary N) is 3. The molecular weight excluding hydrogens is 586 g/mol. The highest BCUT2D eigenvalue weighted by Crippen LogP contribution is 2.45. The van der Waals surface area contributed by atoms with Crippen molar-refractivity contribution in [1.82, 2.24) is 20.9 Å². The van der Waals surface area contributed by atoms with Gasteiger partial charge in [-0.1, -0.05) is 51.2 Å². The molecule has 1 heterocycles. The van der Waals surface area contributed by atoms with Gasteiger partial charge < -0.3 is 30.9 Å². The van der Waals surface area contributed by atoms with Gasteiger partial charge in [0.25, 0.3) is 0 Å². The summed E-state index contributed by atoms with van der Waals surface area (Å²) in [6.45, 7) is 2.12. The molecule has 252 valence electrons. The fourth-order valence-electron chi connectivity index (χ4n) is 6.80. The maximum atomic E-state index is 13.6. The smallest absolute Gasteiger partial charge is 0.330 e. The standard InChI is InChI=1S/C35H51N5O6/c1-4-5-6-7-11-15-26-22-35(26,33(44)45)38-32(43)28-16-12-21-40(28)29(41)23-36-34(46)37-30(24-13-9-8-10-14-24)31(42)25-17-19-27(20-18-25)39(2)3/h11,15,17-20,24,26,28,30H,4-10,12-14,16,21-23H2,1-3H3,(H,38,43)(H,44,45)(H2,36,37,46)/b15-11-/t26?,28-,30-,35+/m0/s1. The van der Waals surface area contributed by atoms with Crippen LogP contribution in [0.5, 0.6) is 0 Å². The first kappa shape index (κ1) is 35.0. The number of likely N-dealkylation sites (tertiary alicyclic amines) is 1. The maximum Gasteiger partial charge on any atom is 0.330 e. The van der Waals surface area contributed by atoms with Gasteiger partial charge in [0.05, 0.1) is 12.6 Å². The molecule has 1 unspecified atom stereocenters. The van der Waals surface area contributed by atoms with Crippen LogP contribution in [-0.4, -0.2) is 84.4 Å². The van der Waals surface area contributed by atoms with Gasteiger partial charge in [-0.3, -0.25) is 14.4 Å². The van der Waals surface area contributed by atoms with E-state index in [1.807, 2.05) is 43.3 Å². The lowest BCUT2D eigenvalue weighted by Crippen LogP contribution is -2.55. The fraction of sp³-hybridized carbons (Fsp3) is 0.629. The lowest BCUT2D eigenvalue weighted by Gasteiger charge is -2.30. The van der Waals surface area contributed by atoms with E-state index in [9.17, 15) is 29.1 Å². The van der Waals surface area contributed by atoms with Crippen LogP contribution in [0.1, 0.15) is 94.3 Å². The third kappa shape index (κ3) is 8.67. The molecule has 1 saturated heterocycles. The molecule has 3 aliphatic rings. The minimum atomic E-state index is -1.35. The van der Waals surface area contributed by atoms with Crippen LogP contribution in [0.25, 0.3) is 0 Å². The van der Waals surface area contributed by atoms with Crippen LogP contribution < -0.4 is 20.9 Å². The number of benzene rings is 1. The summed E-state index contributed by atoms with van der Waals surface area (Å²) in [6.07, 6.45) is 14.1. The number of carboxylic acid groups (broad SMARTS) is 1. The minimum absolute atomic E-state index is 0.00174. The highest BCUT2D eigenvalue weighted by molar-refractivity contribution is 6.02. The van der Waals surface area contributed by atoms with Gasteiger partial charge in [0.1, 0.15) is 11.6 Å². The van der Waals surface area contributed by atoms with Crippen LogP contribution >= 0.6 is 0 Å². The minimum Gasteiger partial charge on any atom is -0.479 e. The summed E-state index contributed by atoms with van der Waals surface area (Å²) >= 11 is 0. The Balaban J connectivity index is 1.33. The number of nitrogens with zero attached hydrogens (tertiary/aromatic N) is 2. The topological polar surface area (TPSA) is 148 Å². The normalized spacial score (nSPS) is 23.5. The van der Waals surface area contributed by atoms with Crippen molar-refractivity contribution in [3.63, 3.8) is 0 Å². The zero-order chi connectivity index (χ0) is 33.3. The van der Waals surface area contributed by atoms with Crippen molar-refractivity contribution in [3.8, 4) is 0 Å². The monoisotopic (exact) mass is 637 g/mol. The van der Waals surface area contributed by atoms with E-state index in [-0.39, 0.29) is 24.2 Å². The van der Waals surface area contributed by atoms with E-state index >= 15 is 0 Å². The Hall–Kier alpha value is -3.89. The van der Waals surface area contributed by atoms with E-state index < -0.39 is 41.4 Å². The molecule has 4 amide bonds. The second kappa shape index (κ2) is 16.1. The summed E-state index contributed by atoms with van der Waals surface area (Å²) in [5.74, 6) is -2.42. The number of anilines is 1. The van der Waals surface area contributed by atoms with E-state index in [4.69, 9.17) is 0 Å². The SMILES string of the molecule is CCCCC/C=C\C1C[C@]1(NC(=O)[C@@H]1CCCN1C(=O)CNC(=O)N[C@H](C(=O)c1ccc(N(C)C)cc1)C1CCCCC1)C(=O)O. The third-order valence-electron chi connectivity index (χ3n) is 9.72. The van der Waals surface area contributed by atoms with Crippen molar-refractivity contribution in [2.75, 3.05) is 32.1 Å². The van der Waals surface area contributed by atoms with Crippen LogP contribution in [0.15, 0.2) is 36.4 Å². The van der Waals surface area contributed by atoms with E-state index in [0.29, 0.717) is 31.4 Å². The first-order chi connectivity index (χ1) is 22.1. The van der Waals surface area contributed by atoms with E-state index in [0.717, 1.165) is 63.5 Å². The number of amides is 4. The van der Waals surface area contributed by atoms with Crippen molar-refractivity contribution in [2.45, 2.75) is 102 Å². The predicted molar refractivity (Wildman–Crippen MR) is 177 cm³/mol. The van der Waals surface area contributed by atoms with Gasteiger partial charge in [-0.05, 0) is 75.1 Å². The van der Waals surface area contributed by atoms with Gasteiger partial charge in [-0.15, -0.1) is 0 Å². The van der Waals surface area contributed by atoms with E-state index in [1.54, 1.807) is 12.1 Å². The number of Topliss-reactive ketones (excluding diaryl/α,β-unsaturated/α-hetero) is 1. The molecule has 0 radical (unpaired) electrons. The number of aliphatic carboxylic acids is 1. The number of unbranched alkanes of at least 4 members (excludes halogenated alkanes) is 3. The Morgan fingerprint density at radius 2 is 1.74 bits per heavy atom. The number of carbonyl (C=O) groups excluding carboxylic acids is 4. The van der Waals surface area contributed by atoms with Crippen LogP contribution in [0.4, 0.5) is 10.5 Å². The lowest BCUT2D eigenvalue weighted by molar-refractivity contribution is -0.145. The average molecular weight is 638 g/mol. The van der Waals surface area contributed by atoms with Gasteiger partial charge >= 0.3 is 12.0 Å². The highest BCUT2D eigenvalue weighted by Gasteiger charge is 2.61. The van der Waals surface area contributed by atoms with E-state index in [1.165, 1.54) is 4.90 Å². The van der Waals surface area contributed by atoms with Gasteiger partial charge in [0, 0.05) is 37.8 Å². The molecule has 4 atom stereocenters. The molecule has 1 aliphatic heterocycles. The van der Waals surface area contributed by atoms with Crippen molar-refractivity contribution in [3.05, 3.63) is 42.0 Å². The van der Waals surface area contributed by atoms with Crippen molar-refractivity contribution in [2.24, 2.45) is 11.8 Å². The molecule has 4 rings (SSSR count). The summed E-state index contributed by atoms with van der Waals surface area (Å²) in [5, 5.41) is 18.1. The van der Waals surface area contributed by atoms with Crippen molar-refractivity contribution in [1.29, 1.82) is 0 Å². The Morgan fingerprint density at radius 1 is 1.02 bits per heavy atom. The Morgan fingerprint density at radius 3 is 2.39 bits per heavy atom. The second-order valence-corrected chi connectivity index (χ2v) is 13.3. The quantitative estimate of drug-likeness (QED) is 0.128. The van der Waals surface area contributed by atoms with Crippen LogP contribution in [0.2, 0.25) is 0 Å². The van der Waals surface area contributed by atoms with Gasteiger partial charge in [-0.25, -0.2) is 9.59 Å². The zero-order valence-corrected chi connectivity index (χ0v) is 27.6. The number of carboxylic acids is 1. The number of carbonyl (C=O) groups is 5. The maximum absolute atomic E-state index is 13.6. The van der Waals surface area contributed by atoms with Gasteiger partial charge in [0.2, 0.25) is 11.8 Å². The molecule has 1 aromatic rings.